The van der Waals surface area contributed by atoms with Crippen molar-refractivity contribution >= 4 is 40.9 Å². The van der Waals surface area contributed by atoms with Crippen LogP contribution in [0.15, 0.2) is 49.1 Å². The summed E-state index contributed by atoms with van der Waals surface area (Å²) >= 11 is 1.66. The van der Waals surface area contributed by atoms with Crippen molar-refractivity contribution in [3.05, 3.63) is 40.3 Å². The summed E-state index contributed by atoms with van der Waals surface area (Å²) in [4.78, 5) is 22.1. The van der Waals surface area contributed by atoms with Crippen LogP contribution in [0, 0.1) is 6.92 Å². The molecular weight excluding hydrogens is 438 g/mol. The molecule has 33 heavy (non-hydrogen) atoms. The third-order valence-electron chi connectivity index (χ3n) is 5.25. The first-order chi connectivity index (χ1) is 15.8. The smallest absolute Gasteiger partial charge is 0.204 e. The summed E-state index contributed by atoms with van der Waals surface area (Å²) in [5.41, 5.74) is 9.24. The van der Waals surface area contributed by atoms with Gasteiger partial charge >= 0.3 is 0 Å². The fourth-order valence-corrected chi connectivity index (χ4v) is 4.34. The zero-order valence-electron chi connectivity index (χ0n) is 19.6. The maximum atomic E-state index is 5.86. The van der Waals surface area contributed by atoms with Gasteiger partial charge in [-0.2, -0.15) is 0 Å². The van der Waals surface area contributed by atoms with Gasteiger partial charge in [-0.05, 0) is 43.8 Å². The predicted octanol–water partition coefficient (Wildman–Crippen LogP) is 1.57. The molecule has 2 atom stereocenters. The Hall–Kier alpha value is -3.54. The third-order valence-corrected chi connectivity index (χ3v) is 6.11. The van der Waals surface area contributed by atoms with Crippen LogP contribution >= 0.6 is 11.3 Å². The average molecular weight is 470 g/mol. The maximum absolute atomic E-state index is 5.86. The van der Waals surface area contributed by atoms with E-state index < -0.39 is 0 Å². The number of aromatic nitrogens is 1. The normalized spacial score (nSPS) is 20.0. The SMILES string of the molecule is Cc1cscc1NC1=NC(C)N=C(N(C)Cn2cccc2CN(C)C2=NC(C)N=C(N)N2)N1. The monoisotopic (exact) mass is 469 g/mol. The van der Waals surface area contributed by atoms with Crippen molar-refractivity contribution in [2.24, 2.45) is 25.7 Å². The largest absolute Gasteiger partial charge is 0.370 e. The van der Waals surface area contributed by atoms with Crippen LogP contribution in [0.2, 0.25) is 0 Å². The van der Waals surface area contributed by atoms with Gasteiger partial charge in [0.2, 0.25) is 17.9 Å². The van der Waals surface area contributed by atoms with Gasteiger partial charge in [0.05, 0.1) is 18.9 Å². The molecule has 2 unspecified atom stereocenters. The Labute approximate surface area is 197 Å². The molecule has 0 spiro atoms. The van der Waals surface area contributed by atoms with Gasteiger partial charge in [-0.3, -0.25) is 10.6 Å². The molecule has 176 valence electrons. The van der Waals surface area contributed by atoms with Crippen LogP contribution in [-0.4, -0.2) is 64.6 Å². The molecule has 2 aromatic rings. The van der Waals surface area contributed by atoms with Crippen LogP contribution in [0.3, 0.4) is 0 Å². The Morgan fingerprint density at radius 1 is 1.06 bits per heavy atom. The van der Waals surface area contributed by atoms with Gasteiger partial charge in [-0.25, -0.2) is 20.0 Å². The number of thiophene rings is 1. The lowest BCUT2D eigenvalue weighted by molar-refractivity contribution is 0.369. The summed E-state index contributed by atoms with van der Waals surface area (Å²) in [5, 5.41) is 13.9. The fraction of sp³-hybridized carbons (Fsp3) is 0.429. The van der Waals surface area contributed by atoms with Gasteiger partial charge in [-0.1, -0.05) is 0 Å². The molecule has 4 heterocycles. The van der Waals surface area contributed by atoms with Crippen LogP contribution in [0.5, 0.6) is 0 Å². The second kappa shape index (κ2) is 9.53. The molecule has 4 rings (SSSR count). The van der Waals surface area contributed by atoms with Gasteiger partial charge in [0.1, 0.15) is 12.3 Å². The maximum Gasteiger partial charge on any atom is 0.204 e. The van der Waals surface area contributed by atoms with E-state index in [2.05, 4.69) is 75.3 Å². The van der Waals surface area contributed by atoms with E-state index in [4.69, 9.17) is 5.73 Å². The van der Waals surface area contributed by atoms with Crippen molar-refractivity contribution in [2.75, 3.05) is 19.4 Å². The molecule has 0 saturated carbocycles. The molecule has 0 fully saturated rings. The number of hydrogen-bond acceptors (Lipinski definition) is 11. The van der Waals surface area contributed by atoms with E-state index in [1.165, 1.54) is 5.56 Å². The molecule has 11 nitrogen and oxygen atoms in total. The number of nitrogens with zero attached hydrogens (tertiary/aromatic N) is 7. The zero-order chi connectivity index (χ0) is 23.5. The highest BCUT2D eigenvalue weighted by molar-refractivity contribution is 7.08. The molecule has 2 aliphatic rings. The molecule has 0 radical (unpaired) electrons. The predicted molar refractivity (Wildman–Crippen MR) is 135 cm³/mol. The lowest BCUT2D eigenvalue weighted by Crippen LogP contribution is -2.49. The Bertz CT molecular complexity index is 1110. The van der Waals surface area contributed by atoms with Crippen molar-refractivity contribution < 1.29 is 0 Å². The van der Waals surface area contributed by atoms with E-state index in [0.29, 0.717) is 31.1 Å². The average Bonchev–Trinajstić information content (AvgIpc) is 3.35. The number of nitrogens with one attached hydrogen (secondary N) is 3. The van der Waals surface area contributed by atoms with Crippen LogP contribution in [-0.2, 0) is 13.2 Å². The number of rotatable bonds is 5. The van der Waals surface area contributed by atoms with Crippen LogP contribution < -0.4 is 21.7 Å². The fourth-order valence-electron chi connectivity index (χ4n) is 3.56. The molecule has 0 amide bonds. The summed E-state index contributed by atoms with van der Waals surface area (Å²) in [7, 11) is 3.99. The molecule has 0 aromatic carbocycles. The first-order valence-corrected chi connectivity index (χ1v) is 11.7. The molecular formula is C21H31N11S. The van der Waals surface area contributed by atoms with Crippen molar-refractivity contribution in [2.45, 2.75) is 46.3 Å². The molecule has 0 bridgehead atoms. The van der Waals surface area contributed by atoms with Crippen LogP contribution in [0.4, 0.5) is 5.69 Å². The second-order valence-corrected chi connectivity index (χ2v) is 8.91. The summed E-state index contributed by atoms with van der Waals surface area (Å²) in [5.74, 6) is 2.55. The highest BCUT2D eigenvalue weighted by atomic mass is 32.1. The van der Waals surface area contributed by atoms with E-state index in [9.17, 15) is 0 Å². The lowest BCUT2D eigenvalue weighted by Gasteiger charge is -2.29. The van der Waals surface area contributed by atoms with Crippen LogP contribution in [0.25, 0.3) is 0 Å². The van der Waals surface area contributed by atoms with Crippen molar-refractivity contribution in [1.29, 1.82) is 0 Å². The lowest BCUT2D eigenvalue weighted by atomic mass is 10.3. The standard InChI is InChI=1S/C21H31N11S/c1-13-10-33-11-17(13)27-19-24-15(3)26-21(29-19)31(5)12-32-8-6-7-16(32)9-30(4)20-25-14(2)23-18(22)28-20/h6-8,10-11,14-15H,9,12H2,1-5H3,(H3,22,23,25,28)(H2,24,26,27,29). The zero-order valence-corrected chi connectivity index (χ0v) is 20.4. The number of hydrogen-bond donors (Lipinski definition) is 4. The van der Waals surface area contributed by atoms with E-state index >= 15 is 0 Å². The van der Waals surface area contributed by atoms with E-state index in [1.54, 1.807) is 11.3 Å². The number of nitrogens with two attached hydrogens (primary N) is 1. The Morgan fingerprint density at radius 2 is 1.79 bits per heavy atom. The molecule has 0 saturated heterocycles. The minimum Gasteiger partial charge on any atom is -0.370 e. The summed E-state index contributed by atoms with van der Waals surface area (Å²) < 4.78 is 2.18. The van der Waals surface area contributed by atoms with Gasteiger partial charge in [0, 0.05) is 31.4 Å². The third kappa shape index (κ3) is 5.45. The topological polar surface area (TPSA) is 123 Å². The number of anilines is 1. The minimum atomic E-state index is -0.193. The molecule has 0 aliphatic carbocycles. The van der Waals surface area contributed by atoms with Crippen LogP contribution in [0.1, 0.15) is 25.1 Å². The quantitative estimate of drug-likeness (QED) is 0.527. The van der Waals surface area contributed by atoms with Crippen molar-refractivity contribution in [1.82, 2.24) is 25.0 Å². The summed E-state index contributed by atoms with van der Waals surface area (Å²) in [6, 6.07) is 4.14. The van der Waals surface area contributed by atoms with E-state index in [0.717, 1.165) is 17.3 Å². The Morgan fingerprint density at radius 3 is 2.48 bits per heavy atom. The molecule has 12 heteroatoms. The molecule has 2 aliphatic heterocycles. The van der Waals surface area contributed by atoms with Gasteiger partial charge < -0.3 is 25.4 Å². The summed E-state index contributed by atoms with van der Waals surface area (Å²) in [6.45, 7) is 7.24. The number of guanidine groups is 4. The minimum absolute atomic E-state index is 0.176. The number of aryl methyl sites for hydroxylation is 1. The number of aliphatic imine (C=N–C) groups is 4. The highest BCUT2D eigenvalue weighted by Crippen LogP contribution is 2.19. The Kier molecular flexibility index (Phi) is 6.54. The second-order valence-electron chi connectivity index (χ2n) is 8.17. The molecule has 2 aromatic heterocycles. The van der Waals surface area contributed by atoms with Gasteiger partial charge in [0.25, 0.3) is 0 Å². The first-order valence-electron chi connectivity index (χ1n) is 10.8. The van der Waals surface area contributed by atoms with Crippen molar-refractivity contribution in [3.8, 4) is 0 Å². The van der Waals surface area contributed by atoms with E-state index in [1.807, 2.05) is 38.9 Å². The van der Waals surface area contributed by atoms with Gasteiger partial charge in [-0.15, -0.1) is 11.3 Å². The van der Waals surface area contributed by atoms with Crippen molar-refractivity contribution in [3.63, 3.8) is 0 Å². The summed E-state index contributed by atoms with van der Waals surface area (Å²) in [6.07, 6.45) is 1.69. The highest BCUT2D eigenvalue weighted by Gasteiger charge is 2.20. The molecule has 5 N–H and O–H groups in total. The van der Waals surface area contributed by atoms with Gasteiger partial charge in [0.15, 0.2) is 5.96 Å². The first kappa shape index (κ1) is 22.6. The Balaban J connectivity index is 1.40. The van der Waals surface area contributed by atoms with E-state index in [-0.39, 0.29) is 12.3 Å².